The first kappa shape index (κ1) is 20.5. The number of rotatable bonds is 8. The van der Waals surface area contributed by atoms with Crippen molar-refractivity contribution >= 4 is 11.8 Å². The van der Waals surface area contributed by atoms with Gasteiger partial charge in [-0.15, -0.1) is 0 Å². The van der Waals surface area contributed by atoms with Crippen LogP contribution >= 0.6 is 0 Å². The predicted octanol–water partition coefficient (Wildman–Crippen LogP) is 3.20. The summed E-state index contributed by atoms with van der Waals surface area (Å²) >= 11 is 0. The van der Waals surface area contributed by atoms with Gasteiger partial charge in [-0.25, -0.2) is 9.78 Å². The number of hydrogen-bond acceptors (Lipinski definition) is 4. The van der Waals surface area contributed by atoms with Crippen LogP contribution in [-0.2, 0) is 10.9 Å². The van der Waals surface area contributed by atoms with Crippen molar-refractivity contribution in [3.8, 4) is 0 Å². The zero-order valence-electron chi connectivity index (χ0n) is 14.7. The molecule has 1 aromatic heterocycles. The highest BCUT2D eigenvalue weighted by Gasteiger charge is 2.30. The van der Waals surface area contributed by atoms with Gasteiger partial charge in [0.25, 0.3) is 0 Å². The van der Waals surface area contributed by atoms with Crippen LogP contribution in [0.5, 0.6) is 0 Å². The molecule has 0 aliphatic heterocycles. The number of carbonyl (C=O) groups is 1. The first-order chi connectivity index (χ1) is 12.9. The minimum atomic E-state index is -4.41. The topological polar surface area (TPSA) is 75.3 Å². The second-order valence-electron chi connectivity index (χ2n) is 5.63. The van der Waals surface area contributed by atoms with Crippen molar-refractivity contribution in [2.24, 2.45) is 0 Å². The molecule has 1 heterocycles. The zero-order valence-corrected chi connectivity index (χ0v) is 14.7. The molecule has 3 N–H and O–H groups in total. The van der Waals surface area contributed by atoms with Gasteiger partial charge in [0.05, 0.1) is 11.7 Å². The van der Waals surface area contributed by atoms with Gasteiger partial charge in [0.15, 0.2) is 0 Å². The minimum absolute atomic E-state index is 0.258. The van der Waals surface area contributed by atoms with Gasteiger partial charge in [0.1, 0.15) is 5.82 Å². The zero-order chi connectivity index (χ0) is 19.7. The van der Waals surface area contributed by atoms with E-state index in [0.29, 0.717) is 18.9 Å². The van der Waals surface area contributed by atoms with Gasteiger partial charge in [-0.3, -0.25) is 0 Å². The Balaban J connectivity index is 1.67. The number of anilines is 1. The van der Waals surface area contributed by atoms with E-state index in [1.165, 1.54) is 6.07 Å². The summed E-state index contributed by atoms with van der Waals surface area (Å²) in [6.07, 6.45) is -3.91. The lowest BCUT2D eigenvalue weighted by atomic mass is 10.1. The van der Waals surface area contributed by atoms with E-state index in [9.17, 15) is 18.0 Å². The third-order valence-electron chi connectivity index (χ3n) is 3.71. The number of pyridine rings is 1. The van der Waals surface area contributed by atoms with E-state index in [-0.39, 0.29) is 18.7 Å². The molecule has 0 bridgehead atoms. The second kappa shape index (κ2) is 9.77. The average molecular weight is 382 g/mol. The van der Waals surface area contributed by atoms with Gasteiger partial charge in [-0.1, -0.05) is 30.3 Å². The van der Waals surface area contributed by atoms with Gasteiger partial charge in [0.2, 0.25) is 0 Å². The van der Waals surface area contributed by atoms with Gasteiger partial charge >= 0.3 is 12.2 Å². The number of carbonyl (C=O) groups excluding carboxylic acids is 1. The number of ether oxygens (including phenoxy) is 1. The number of hydrogen-bond donors (Lipinski definition) is 3. The number of aromatic nitrogens is 1. The average Bonchev–Trinajstić information content (AvgIpc) is 2.66. The number of urea groups is 1. The molecule has 0 radical (unpaired) electrons. The molecule has 2 rings (SSSR count). The standard InChI is InChI=1S/C18H21F3N4O2/c1-27-15(13-5-3-2-4-6-13)12-25-17(26)23-10-9-22-16-8-7-14(11-24-16)18(19,20)21/h2-8,11,15H,9-10,12H2,1H3,(H,22,24)(H2,23,25,26). The van der Waals surface area contributed by atoms with Gasteiger partial charge < -0.3 is 20.7 Å². The molecule has 0 saturated carbocycles. The molecule has 27 heavy (non-hydrogen) atoms. The van der Waals surface area contributed by atoms with Crippen LogP contribution in [0.2, 0.25) is 0 Å². The van der Waals surface area contributed by atoms with E-state index >= 15 is 0 Å². The summed E-state index contributed by atoms with van der Waals surface area (Å²) in [4.78, 5) is 15.5. The number of benzene rings is 1. The van der Waals surface area contributed by atoms with Crippen molar-refractivity contribution in [2.75, 3.05) is 32.1 Å². The lowest BCUT2D eigenvalue weighted by Crippen LogP contribution is -2.40. The largest absolute Gasteiger partial charge is 0.417 e. The molecule has 1 unspecified atom stereocenters. The van der Waals surface area contributed by atoms with Crippen LogP contribution in [0.4, 0.5) is 23.8 Å². The summed E-state index contributed by atoms with van der Waals surface area (Å²) in [6, 6.07) is 11.3. The van der Waals surface area contributed by atoms with Crippen LogP contribution in [0, 0.1) is 0 Å². The maximum Gasteiger partial charge on any atom is 0.417 e. The number of methoxy groups -OCH3 is 1. The van der Waals surface area contributed by atoms with E-state index < -0.39 is 11.7 Å². The van der Waals surface area contributed by atoms with Crippen molar-refractivity contribution in [3.63, 3.8) is 0 Å². The van der Waals surface area contributed by atoms with Gasteiger partial charge in [0, 0.05) is 32.9 Å². The van der Waals surface area contributed by atoms with Gasteiger partial charge in [-0.05, 0) is 17.7 Å². The normalized spacial score (nSPS) is 12.3. The summed E-state index contributed by atoms with van der Waals surface area (Å²) in [5.41, 5.74) is 0.145. The Bertz CT molecular complexity index is 709. The van der Waals surface area contributed by atoms with Crippen LogP contribution in [0.3, 0.4) is 0 Å². The Morgan fingerprint density at radius 1 is 1.11 bits per heavy atom. The monoisotopic (exact) mass is 382 g/mol. The van der Waals surface area contributed by atoms with E-state index in [0.717, 1.165) is 17.8 Å². The maximum absolute atomic E-state index is 12.5. The lowest BCUT2D eigenvalue weighted by molar-refractivity contribution is -0.137. The number of amides is 2. The minimum Gasteiger partial charge on any atom is -0.375 e. The van der Waals surface area contributed by atoms with E-state index in [1.54, 1.807) is 7.11 Å². The molecule has 146 valence electrons. The molecule has 0 saturated heterocycles. The number of nitrogens with zero attached hydrogens (tertiary/aromatic N) is 1. The highest BCUT2D eigenvalue weighted by Crippen LogP contribution is 2.28. The Morgan fingerprint density at radius 2 is 1.85 bits per heavy atom. The molecule has 1 aromatic carbocycles. The van der Waals surface area contributed by atoms with Crippen LogP contribution in [0.15, 0.2) is 48.7 Å². The molecular formula is C18H21F3N4O2. The van der Waals surface area contributed by atoms with E-state index in [1.807, 2.05) is 30.3 Å². The van der Waals surface area contributed by atoms with Crippen LogP contribution in [0.1, 0.15) is 17.2 Å². The van der Waals surface area contributed by atoms with Crippen molar-refractivity contribution in [1.29, 1.82) is 0 Å². The van der Waals surface area contributed by atoms with Crippen molar-refractivity contribution < 1.29 is 22.7 Å². The molecular weight excluding hydrogens is 361 g/mol. The Kier molecular flexibility index (Phi) is 7.42. The van der Waals surface area contributed by atoms with Crippen molar-refractivity contribution in [1.82, 2.24) is 15.6 Å². The summed E-state index contributed by atoms with van der Waals surface area (Å²) in [5, 5.41) is 8.19. The SMILES string of the molecule is COC(CNC(=O)NCCNc1ccc(C(F)(F)F)cn1)c1ccccc1. The fraction of sp³-hybridized carbons (Fsp3) is 0.333. The van der Waals surface area contributed by atoms with Crippen molar-refractivity contribution in [3.05, 3.63) is 59.8 Å². The quantitative estimate of drug-likeness (QED) is 0.613. The molecule has 0 aliphatic rings. The molecule has 0 fully saturated rings. The Morgan fingerprint density at radius 3 is 2.44 bits per heavy atom. The molecule has 2 aromatic rings. The fourth-order valence-electron chi connectivity index (χ4n) is 2.29. The highest BCUT2D eigenvalue weighted by atomic mass is 19.4. The van der Waals surface area contributed by atoms with Gasteiger partial charge in [-0.2, -0.15) is 13.2 Å². The third kappa shape index (κ3) is 6.78. The summed E-state index contributed by atoms with van der Waals surface area (Å²) in [6.45, 7) is 0.899. The lowest BCUT2D eigenvalue weighted by Gasteiger charge is -2.17. The maximum atomic E-state index is 12.5. The van der Waals surface area contributed by atoms with E-state index in [2.05, 4.69) is 20.9 Å². The number of nitrogens with one attached hydrogen (secondary N) is 3. The fourth-order valence-corrected chi connectivity index (χ4v) is 2.29. The molecule has 0 spiro atoms. The molecule has 2 amide bonds. The molecule has 1 atom stereocenters. The van der Waals surface area contributed by atoms with Crippen LogP contribution < -0.4 is 16.0 Å². The Labute approximate surface area is 155 Å². The van der Waals surface area contributed by atoms with Crippen molar-refractivity contribution in [2.45, 2.75) is 12.3 Å². The predicted molar refractivity (Wildman–Crippen MR) is 95.3 cm³/mol. The summed E-state index contributed by atoms with van der Waals surface area (Å²) < 4.78 is 42.7. The molecule has 0 aliphatic carbocycles. The third-order valence-corrected chi connectivity index (χ3v) is 3.71. The first-order valence-corrected chi connectivity index (χ1v) is 8.26. The summed E-state index contributed by atoms with van der Waals surface area (Å²) in [7, 11) is 1.57. The highest BCUT2D eigenvalue weighted by molar-refractivity contribution is 5.73. The molecule has 6 nitrogen and oxygen atoms in total. The Hall–Kier alpha value is -2.81. The number of alkyl halides is 3. The first-order valence-electron chi connectivity index (χ1n) is 8.26. The smallest absolute Gasteiger partial charge is 0.375 e. The van der Waals surface area contributed by atoms with Crippen LogP contribution in [-0.4, -0.2) is 37.8 Å². The number of halogens is 3. The van der Waals surface area contributed by atoms with Crippen LogP contribution in [0.25, 0.3) is 0 Å². The second-order valence-corrected chi connectivity index (χ2v) is 5.63. The summed E-state index contributed by atoms with van der Waals surface area (Å²) in [5.74, 6) is 0.300. The molecule has 9 heteroatoms. The van der Waals surface area contributed by atoms with E-state index in [4.69, 9.17) is 4.74 Å².